The Balaban J connectivity index is 1.68. The summed E-state index contributed by atoms with van der Waals surface area (Å²) in [7, 11) is 0. The summed E-state index contributed by atoms with van der Waals surface area (Å²) >= 11 is 2.69. The Bertz CT molecular complexity index is 1280. The van der Waals surface area contributed by atoms with Gasteiger partial charge in [0.25, 0.3) is 12.0 Å². The molecule has 9 heteroatoms. The number of aromatic nitrogens is 3. The molecule has 2 saturated carbocycles. The van der Waals surface area contributed by atoms with E-state index in [9.17, 15) is 13.6 Å². The van der Waals surface area contributed by atoms with E-state index in [0.717, 1.165) is 46.5 Å². The van der Waals surface area contributed by atoms with Crippen LogP contribution in [0.1, 0.15) is 49.3 Å². The number of anilines is 1. The summed E-state index contributed by atoms with van der Waals surface area (Å²) in [5, 5.41) is 4.89. The number of halogens is 2. The second kappa shape index (κ2) is 5.45. The number of pyridine rings is 2. The first-order valence-corrected chi connectivity index (χ1v) is 10.6. The summed E-state index contributed by atoms with van der Waals surface area (Å²) in [5.74, 6) is 0.271. The minimum atomic E-state index is -2.61. The molecule has 4 heterocycles. The number of rotatable bonds is 4. The monoisotopic (exact) mass is 404 g/mol. The van der Waals surface area contributed by atoms with E-state index in [0.29, 0.717) is 26.6 Å². The molecule has 2 aliphatic carbocycles. The van der Waals surface area contributed by atoms with Crippen molar-refractivity contribution in [2.45, 2.75) is 44.1 Å². The smallest absolute Gasteiger partial charge is 0.280 e. The van der Waals surface area contributed by atoms with Crippen LogP contribution in [-0.4, -0.2) is 21.0 Å². The highest BCUT2D eigenvalue weighted by Crippen LogP contribution is 2.48. The second-order valence-corrected chi connectivity index (χ2v) is 9.27. The maximum absolute atomic E-state index is 13.3. The van der Waals surface area contributed by atoms with Crippen molar-refractivity contribution in [1.82, 2.24) is 15.0 Å². The van der Waals surface area contributed by atoms with Crippen molar-refractivity contribution in [1.29, 1.82) is 0 Å². The Morgan fingerprint density at radius 3 is 2.67 bits per heavy atom. The third kappa shape index (κ3) is 2.48. The summed E-state index contributed by atoms with van der Waals surface area (Å²) in [6, 6.07) is 1.96. The Kier molecular flexibility index (Phi) is 3.20. The van der Waals surface area contributed by atoms with Crippen molar-refractivity contribution in [2.75, 3.05) is 5.32 Å². The average Bonchev–Trinajstić information content (AvgIpc) is 3.55. The first-order chi connectivity index (χ1) is 13.1. The van der Waals surface area contributed by atoms with Gasteiger partial charge in [-0.15, -0.1) is 11.3 Å². The van der Waals surface area contributed by atoms with Crippen LogP contribution in [0.15, 0.2) is 10.9 Å². The molecule has 0 radical (unpaired) electrons. The number of thiazole rings is 1. The molecule has 0 aromatic carbocycles. The van der Waals surface area contributed by atoms with Crippen molar-refractivity contribution in [3.05, 3.63) is 27.7 Å². The van der Waals surface area contributed by atoms with Crippen molar-refractivity contribution in [3.63, 3.8) is 0 Å². The Labute approximate surface area is 159 Å². The Hall–Kier alpha value is -2.13. The molecule has 0 saturated heterocycles. The molecule has 0 bridgehead atoms. The van der Waals surface area contributed by atoms with Crippen LogP contribution in [0.4, 0.5) is 13.9 Å². The molecule has 0 unspecified atom stereocenters. The van der Waals surface area contributed by atoms with E-state index < -0.39 is 6.43 Å². The summed E-state index contributed by atoms with van der Waals surface area (Å²) in [6.07, 6.45) is 1.60. The number of thiophene rings is 1. The fourth-order valence-corrected chi connectivity index (χ4v) is 5.70. The van der Waals surface area contributed by atoms with Gasteiger partial charge in [-0.05, 0) is 43.2 Å². The van der Waals surface area contributed by atoms with E-state index in [1.54, 1.807) is 0 Å². The lowest BCUT2D eigenvalue weighted by Gasteiger charge is -2.05. The van der Waals surface area contributed by atoms with Crippen molar-refractivity contribution in [2.24, 2.45) is 0 Å². The predicted octanol–water partition coefficient (Wildman–Crippen LogP) is 5.14. The summed E-state index contributed by atoms with van der Waals surface area (Å²) < 4.78 is 28.0. The third-order valence-corrected chi connectivity index (χ3v) is 7.22. The molecule has 0 aliphatic heterocycles. The quantitative estimate of drug-likeness (QED) is 0.494. The molecule has 0 amide bonds. The fourth-order valence-electron chi connectivity index (χ4n) is 3.52. The van der Waals surface area contributed by atoms with Crippen LogP contribution in [0.25, 0.3) is 30.6 Å². The molecular formula is C18H14F2N4OS2. The van der Waals surface area contributed by atoms with Gasteiger partial charge < -0.3 is 10.3 Å². The second-order valence-electron chi connectivity index (χ2n) is 7.27. The van der Waals surface area contributed by atoms with E-state index in [-0.39, 0.29) is 17.2 Å². The van der Waals surface area contributed by atoms with Gasteiger partial charge in [-0.1, -0.05) is 11.3 Å². The molecule has 5 nitrogen and oxygen atoms in total. The summed E-state index contributed by atoms with van der Waals surface area (Å²) in [4.78, 5) is 25.0. The van der Waals surface area contributed by atoms with E-state index in [1.807, 2.05) is 0 Å². The zero-order valence-electron chi connectivity index (χ0n) is 14.0. The Morgan fingerprint density at radius 2 is 1.96 bits per heavy atom. The SMILES string of the molecule is O=c1[nH]c2c(sc3nc(C(F)F)cc(C4CC4)c32)c2nc(NC3CC3)sc12. The zero-order valence-corrected chi connectivity index (χ0v) is 15.6. The van der Waals surface area contributed by atoms with Gasteiger partial charge in [-0.25, -0.2) is 18.7 Å². The topological polar surface area (TPSA) is 70.7 Å². The highest BCUT2D eigenvalue weighted by molar-refractivity contribution is 7.27. The highest BCUT2D eigenvalue weighted by Gasteiger charge is 2.30. The van der Waals surface area contributed by atoms with Crippen LogP contribution < -0.4 is 10.9 Å². The minimum absolute atomic E-state index is 0.182. The fraction of sp³-hybridized carbons (Fsp3) is 0.389. The molecule has 0 spiro atoms. The molecule has 6 rings (SSSR count). The molecule has 27 heavy (non-hydrogen) atoms. The Morgan fingerprint density at radius 1 is 1.15 bits per heavy atom. The van der Waals surface area contributed by atoms with Crippen molar-refractivity contribution in [3.8, 4) is 0 Å². The molecule has 138 valence electrons. The zero-order chi connectivity index (χ0) is 18.3. The number of aromatic amines is 1. The summed E-state index contributed by atoms with van der Waals surface area (Å²) in [6.45, 7) is 0. The molecular weight excluding hydrogens is 390 g/mol. The third-order valence-electron chi connectivity index (χ3n) is 5.15. The molecule has 2 N–H and O–H groups in total. The number of nitrogens with zero attached hydrogens (tertiary/aromatic N) is 2. The van der Waals surface area contributed by atoms with Crippen LogP contribution >= 0.6 is 22.7 Å². The number of hydrogen-bond acceptors (Lipinski definition) is 6. The number of nitrogens with one attached hydrogen (secondary N) is 2. The summed E-state index contributed by atoms with van der Waals surface area (Å²) in [5.41, 5.74) is 1.83. The van der Waals surface area contributed by atoms with Crippen LogP contribution in [0.3, 0.4) is 0 Å². The number of alkyl halides is 2. The van der Waals surface area contributed by atoms with Gasteiger partial charge in [0.1, 0.15) is 20.7 Å². The lowest BCUT2D eigenvalue weighted by Crippen LogP contribution is -2.04. The predicted molar refractivity (Wildman–Crippen MR) is 105 cm³/mol. The molecule has 4 aromatic rings. The van der Waals surface area contributed by atoms with E-state index in [1.165, 1.54) is 28.7 Å². The molecule has 2 aliphatic rings. The standard InChI is InChI=1S/C18H14F2N4OS2/c19-15(20)9-5-8(6-1-2-6)10-11-13(26-17(10)22-9)12-14(16(25)23-11)27-18(24-12)21-7-3-4-7/h5-7,15H,1-4H2,(H,21,24)(H,23,25). The van der Waals surface area contributed by atoms with E-state index in [2.05, 4.69) is 20.3 Å². The highest BCUT2D eigenvalue weighted by atomic mass is 32.1. The maximum atomic E-state index is 13.3. The molecule has 2 fully saturated rings. The number of hydrogen-bond donors (Lipinski definition) is 2. The van der Waals surface area contributed by atoms with Crippen molar-refractivity contribution < 1.29 is 8.78 Å². The van der Waals surface area contributed by atoms with E-state index in [4.69, 9.17) is 0 Å². The number of H-pyrrole nitrogens is 1. The molecule has 4 aromatic heterocycles. The van der Waals surface area contributed by atoms with Crippen LogP contribution in [-0.2, 0) is 0 Å². The van der Waals surface area contributed by atoms with Crippen LogP contribution in [0, 0.1) is 0 Å². The van der Waals surface area contributed by atoms with E-state index >= 15 is 0 Å². The lowest BCUT2D eigenvalue weighted by atomic mass is 10.1. The van der Waals surface area contributed by atoms with Gasteiger partial charge in [0.05, 0.1) is 10.2 Å². The lowest BCUT2D eigenvalue weighted by molar-refractivity contribution is 0.146. The van der Waals surface area contributed by atoms with Gasteiger partial charge >= 0.3 is 0 Å². The normalized spacial score (nSPS) is 17.6. The average molecular weight is 404 g/mol. The first kappa shape index (κ1) is 15.9. The minimum Gasteiger partial charge on any atom is -0.359 e. The van der Waals surface area contributed by atoms with Gasteiger partial charge in [-0.3, -0.25) is 4.79 Å². The van der Waals surface area contributed by atoms with Gasteiger partial charge in [0.2, 0.25) is 0 Å². The molecule has 0 atom stereocenters. The van der Waals surface area contributed by atoms with Gasteiger partial charge in [0.15, 0.2) is 5.13 Å². The largest absolute Gasteiger partial charge is 0.359 e. The van der Waals surface area contributed by atoms with Gasteiger partial charge in [-0.2, -0.15) is 0 Å². The number of fused-ring (bicyclic) bond motifs is 5. The van der Waals surface area contributed by atoms with Crippen LogP contribution in [0.5, 0.6) is 0 Å². The maximum Gasteiger partial charge on any atom is 0.280 e. The van der Waals surface area contributed by atoms with Crippen molar-refractivity contribution >= 4 is 58.5 Å². The van der Waals surface area contributed by atoms with Gasteiger partial charge in [0, 0.05) is 11.4 Å². The van der Waals surface area contributed by atoms with Crippen LogP contribution in [0.2, 0.25) is 0 Å². The first-order valence-electron chi connectivity index (χ1n) is 8.93.